The molecule has 2 aromatic heterocycles. The molecule has 4 heterocycles. The standard InChI is InChI=1S/C25H28ClN7O/c1-4-16(11-17-8-6-5-7-15(17)2)18-12-28-33-23(27)22(26)20(29-24(18)33)14-32-10-9-21-19(13-32)30-25(34)31(21)3/h4-8,11-12,19,21H,1,9-10,13-14,27H2,2-3H3,(H,30,34)/b16-11+/t19-,21+/m0/s1. The second kappa shape index (κ2) is 8.77. The van der Waals surface area contributed by atoms with E-state index < -0.39 is 0 Å². The Balaban J connectivity index is 1.48. The number of amides is 2. The fourth-order valence-corrected chi connectivity index (χ4v) is 5.08. The van der Waals surface area contributed by atoms with Gasteiger partial charge < -0.3 is 16.0 Å². The Labute approximate surface area is 203 Å². The molecule has 2 amide bonds. The number of nitrogens with two attached hydrogens (primary N) is 1. The Morgan fingerprint density at radius 1 is 1.38 bits per heavy atom. The first-order valence-electron chi connectivity index (χ1n) is 11.3. The van der Waals surface area contributed by atoms with E-state index in [-0.39, 0.29) is 18.1 Å². The predicted molar refractivity (Wildman–Crippen MR) is 135 cm³/mol. The van der Waals surface area contributed by atoms with Crippen molar-refractivity contribution in [2.45, 2.75) is 32.0 Å². The van der Waals surface area contributed by atoms with E-state index in [4.69, 9.17) is 22.3 Å². The number of carbonyl (C=O) groups is 1. The number of hydrogen-bond donors (Lipinski definition) is 2. The maximum Gasteiger partial charge on any atom is 0.317 e. The van der Waals surface area contributed by atoms with E-state index in [0.29, 0.717) is 28.7 Å². The largest absolute Gasteiger partial charge is 0.382 e. The molecule has 3 N–H and O–H groups in total. The predicted octanol–water partition coefficient (Wildman–Crippen LogP) is 3.60. The molecule has 0 aliphatic carbocycles. The van der Waals surface area contributed by atoms with Gasteiger partial charge in [-0.15, -0.1) is 0 Å². The lowest BCUT2D eigenvalue weighted by Gasteiger charge is -2.35. The van der Waals surface area contributed by atoms with Gasteiger partial charge in [0.25, 0.3) is 0 Å². The van der Waals surface area contributed by atoms with Gasteiger partial charge in [-0.25, -0.2) is 9.78 Å². The fourth-order valence-electron chi connectivity index (χ4n) is 4.89. The number of likely N-dealkylation sites (tertiary alicyclic amines) is 1. The third kappa shape index (κ3) is 3.82. The van der Waals surface area contributed by atoms with Gasteiger partial charge in [-0.2, -0.15) is 9.61 Å². The number of halogens is 1. The number of piperidine rings is 1. The third-order valence-electron chi connectivity index (χ3n) is 6.88. The number of likely N-dealkylation sites (N-methyl/N-ethyl adjacent to an activating group) is 1. The van der Waals surface area contributed by atoms with Gasteiger partial charge in [-0.3, -0.25) is 4.90 Å². The van der Waals surface area contributed by atoms with E-state index in [2.05, 4.69) is 47.0 Å². The Kier molecular flexibility index (Phi) is 5.79. The number of benzene rings is 1. The number of fused-ring (bicyclic) bond motifs is 2. The van der Waals surface area contributed by atoms with Gasteiger partial charge in [-0.1, -0.05) is 48.5 Å². The Morgan fingerprint density at radius 3 is 2.94 bits per heavy atom. The summed E-state index contributed by atoms with van der Waals surface area (Å²) in [5.74, 6) is 0.357. The summed E-state index contributed by atoms with van der Waals surface area (Å²) in [5.41, 5.74) is 11.7. The number of urea groups is 1. The topological polar surface area (TPSA) is 91.8 Å². The van der Waals surface area contributed by atoms with Crippen molar-refractivity contribution in [2.24, 2.45) is 0 Å². The quantitative estimate of drug-likeness (QED) is 0.548. The summed E-state index contributed by atoms with van der Waals surface area (Å²) in [6.07, 6.45) is 6.53. The maximum atomic E-state index is 12.0. The van der Waals surface area contributed by atoms with E-state index in [1.165, 1.54) is 5.56 Å². The van der Waals surface area contributed by atoms with Crippen LogP contribution in [-0.4, -0.2) is 62.6 Å². The molecule has 3 aromatic rings. The van der Waals surface area contributed by atoms with Gasteiger partial charge in [-0.05, 0) is 36.1 Å². The van der Waals surface area contributed by atoms with Crippen molar-refractivity contribution in [3.63, 3.8) is 0 Å². The van der Waals surface area contributed by atoms with Crippen LogP contribution in [0.2, 0.25) is 5.02 Å². The molecule has 0 spiro atoms. The summed E-state index contributed by atoms with van der Waals surface area (Å²) in [6, 6.07) is 8.48. The molecule has 5 rings (SSSR count). The Bertz CT molecular complexity index is 1310. The van der Waals surface area contributed by atoms with E-state index in [9.17, 15) is 4.79 Å². The van der Waals surface area contributed by atoms with Gasteiger partial charge in [0, 0.05) is 32.2 Å². The van der Waals surface area contributed by atoms with Crippen molar-refractivity contribution in [2.75, 3.05) is 25.9 Å². The number of rotatable bonds is 5. The molecule has 2 fully saturated rings. The van der Waals surface area contributed by atoms with Crippen LogP contribution in [0, 0.1) is 6.92 Å². The number of allylic oxidation sites excluding steroid dienone is 2. The Morgan fingerprint density at radius 2 is 2.18 bits per heavy atom. The summed E-state index contributed by atoms with van der Waals surface area (Å²) >= 11 is 6.63. The van der Waals surface area contributed by atoms with Crippen LogP contribution in [0.25, 0.3) is 17.3 Å². The number of anilines is 1. The number of nitrogen functional groups attached to an aromatic ring is 1. The van der Waals surface area contributed by atoms with E-state index in [0.717, 1.165) is 36.2 Å². The second-order valence-electron chi connectivity index (χ2n) is 8.97. The van der Waals surface area contributed by atoms with Crippen molar-refractivity contribution in [3.8, 4) is 0 Å². The molecule has 1 aromatic carbocycles. The minimum atomic E-state index is -0.0139. The van der Waals surface area contributed by atoms with Crippen molar-refractivity contribution in [3.05, 3.63) is 70.5 Å². The van der Waals surface area contributed by atoms with Crippen LogP contribution in [-0.2, 0) is 6.54 Å². The number of aryl methyl sites for hydroxylation is 1. The fraction of sp³-hybridized carbons (Fsp3) is 0.320. The van der Waals surface area contributed by atoms with Crippen LogP contribution in [0.4, 0.5) is 10.6 Å². The number of carbonyl (C=O) groups excluding carboxylic acids is 1. The number of nitrogens with one attached hydrogen (secondary N) is 1. The molecule has 0 bridgehead atoms. The molecule has 2 atom stereocenters. The number of nitrogens with zero attached hydrogens (tertiary/aromatic N) is 5. The lowest BCUT2D eigenvalue weighted by Crippen LogP contribution is -2.50. The summed E-state index contributed by atoms with van der Waals surface area (Å²) in [7, 11) is 1.85. The lowest BCUT2D eigenvalue weighted by atomic mass is 10.00. The zero-order valence-electron chi connectivity index (χ0n) is 19.3. The van der Waals surface area contributed by atoms with Crippen molar-refractivity contribution in [1.82, 2.24) is 29.7 Å². The minimum Gasteiger partial charge on any atom is -0.382 e. The summed E-state index contributed by atoms with van der Waals surface area (Å²) < 4.78 is 1.58. The molecular formula is C25H28ClN7O. The van der Waals surface area contributed by atoms with Crippen LogP contribution in [0.3, 0.4) is 0 Å². The molecule has 8 nitrogen and oxygen atoms in total. The zero-order chi connectivity index (χ0) is 24.0. The molecular weight excluding hydrogens is 450 g/mol. The lowest BCUT2D eigenvalue weighted by molar-refractivity contribution is 0.146. The van der Waals surface area contributed by atoms with Gasteiger partial charge >= 0.3 is 6.03 Å². The molecule has 0 unspecified atom stereocenters. The highest BCUT2D eigenvalue weighted by Crippen LogP contribution is 2.31. The van der Waals surface area contributed by atoms with Gasteiger partial charge in [0.15, 0.2) is 5.65 Å². The zero-order valence-corrected chi connectivity index (χ0v) is 20.1. The van der Waals surface area contributed by atoms with Crippen LogP contribution < -0.4 is 11.1 Å². The average Bonchev–Trinajstić information content (AvgIpc) is 3.37. The van der Waals surface area contributed by atoms with Gasteiger partial charge in [0.1, 0.15) is 10.8 Å². The smallest absolute Gasteiger partial charge is 0.317 e. The van der Waals surface area contributed by atoms with Crippen molar-refractivity contribution >= 4 is 40.7 Å². The normalized spacial score (nSPS) is 21.1. The highest BCUT2D eigenvalue weighted by atomic mass is 35.5. The first-order chi connectivity index (χ1) is 16.4. The van der Waals surface area contributed by atoms with Gasteiger partial charge in [0.2, 0.25) is 0 Å². The summed E-state index contributed by atoms with van der Waals surface area (Å²) in [6.45, 7) is 8.21. The monoisotopic (exact) mass is 477 g/mol. The first kappa shape index (κ1) is 22.4. The molecule has 2 aliphatic heterocycles. The van der Waals surface area contributed by atoms with Gasteiger partial charge in [0.05, 0.1) is 24.0 Å². The van der Waals surface area contributed by atoms with Crippen LogP contribution >= 0.6 is 11.6 Å². The van der Waals surface area contributed by atoms with Crippen molar-refractivity contribution < 1.29 is 4.79 Å². The molecule has 176 valence electrons. The molecule has 0 saturated carbocycles. The SMILES string of the molecule is C=C/C(=C\c1ccccc1C)c1cnn2c(N)c(Cl)c(CN3CC[C@@H]4[C@H](C3)NC(=O)N4C)nc12. The maximum absolute atomic E-state index is 12.0. The number of hydrogen-bond acceptors (Lipinski definition) is 5. The van der Waals surface area contributed by atoms with Crippen LogP contribution in [0.5, 0.6) is 0 Å². The molecule has 0 radical (unpaired) electrons. The second-order valence-corrected chi connectivity index (χ2v) is 9.35. The first-order valence-corrected chi connectivity index (χ1v) is 11.7. The molecule has 2 saturated heterocycles. The summed E-state index contributed by atoms with van der Waals surface area (Å²) in [5, 5.41) is 7.92. The summed E-state index contributed by atoms with van der Waals surface area (Å²) in [4.78, 5) is 21.0. The Hall–Kier alpha value is -3.36. The van der Waals surface area contributed by atoms with E-state index in [1.807, 2.05) is 19.2 Å². The van der Waals surface area contributed by atoms with E-state index in [1.54, 1.807) is 21.7 Å². The third-order valence-corrected chi connectivity index (χ3v) is 7.29. The van der Waals surface area contributed by atoms with Crippen molar-refractivity contribution in [1.29, 1.82) is 0 Å². The molecule has 9 heteroatoms. The molecule has 34 heavy (non-hydrogen) atoms. The molecule has 2 aliphatic rings. The highest BCUT2D eigenvalue weighted by Gasteiger charge is 2.40. The number of aromatic nitrogens is 3. The highest BCUT2D eigenvalue weighted by molar-refractivity contribution is 6.33. The van der Waals surface area contributed by atoms with Crippen LogP contribution in [0.15, 0.2) is 43.1 Å². The average molecular weight is 478 g/mol. The minimum absolute atomic E-state index is 0.0139. The van der Waals surface area contributed by atoms with E-state index >= 15 is 0 Å². The van der Waals surface area contributed by atoms with Crippen LogP contribution in [0.1, 0.15) is 28.8 Å².